The van der Waals surface area contributed by atoms with E-state index in [0.717, 1.165) is 5.56 Å². The lowest BCUT2D eigenvalue weighted by Crippen LogP contribution is -2.25. The van der Waals surface area contributed by atoms with Gasteiger partial charge in [0.15, 0.2) is 11.6 Å². The largest absolute Gasteiger partial charge is 0.494 e. The lowest BCUT2D eigenvalue weighted by atomic mass is 10.1. The molecule has 1 saturated heterocycles. The van der Waals surface area contributed by atoms with Gasteiger partial charge in [-0.25, -0.2) is 8.78 Å². The van der Waals surface area contributed by atoms with Crippen molar-refractivity contribution in [3.8, 4) is 17.1 Å². The van der Waals surface area contributed by atoms with Crippen LogP contribution in [0.3, 0.4) is 0 Å². The Morgan fingerprint density at radius 2 is 2.00 bits per heavy atom. The van der Waals surface area contributed by atoms with Crippen molar-refractivity contribution in [2.45, 2.75) is 19.3 Å². The van der Waals surface area contributed by atoms with E-state index >= 15 is 0 Å². The van der Waals surface area contributed by atoms with Gasteiger partial charge in [-0.05, 0) is 42.8 Å². The summed E-state index contributed by atoms with van der Waals surface area (Å²) in [5.74, 6) is -0.985. The third-order valence-electron chi connectivity index (χ3n) is 4.72. The maximum Gasteiger partial charge on any atom is 0.232 e. The highest BCUT2D eigenvalue weighted by Gasteiger charge is 2.36. The molecule has 2 heterocycles. The molecule has 0 aliphatic carbocycles. The molecule has 0 spiro atoms. The number of carbonyl (C=O) groups is 1. The zero-order valence-corrected chi connectivity index (χ0v) is 15.3. The normalized spacial score (nSPS) is 16.6. The highest BCUT2D eigenvalue weighted by Crippen LogP contribution is 2.33. The molecule has 0 bridgehead atoms. The Balaban J connectivity index is 1.56. The highest BCUT2D eigenvalue weighted by molar-refractivity contribution is 5.96. The molecule has 4 rings (SSSR count). The molecule has 8 heteroatoms. The lowest BCUT2D eigenvalue weighted by Gasteiger charge is -2.17. The molecule has 3 aromatic rings. The van der Waals surface area contributed by atoms with E-state index in [9.17, 15) is 13.6 Å². The molecule has 0 N–H and O–H groups in total. The van der Waals surface area contributed by atoms with Crippen molar-refractivity contribution in [2.24, 2.45) is 0 Å². The van der Waals surface area contributed by atoms with Gasteiger partial charge in [0, 0.05) is 18.5 Å². The number of carbonyl (C=O) groups excluding carboxylic acids is 1. The number of halogens is 2. The molecule has 1 aromatic heterocycles. The van der Waals surface area contributed by atoms with E-state index in [1.807, 2.05) is 0 Å². The fourth-order valence-corrected chi connectivity index (χ4v) is 3.26. The summed E-state index contributed by atoms with van der Waals surface area (Å²) < 4.78 is 38.3. The molecular weight excluding hydrogens is 368 g/mol. The number of methoxy groups -OCH3 is 1. The molecule has 1 unspecified atom stereocenters. The predicted molar refractivity (Wildman–Crippen MR) is 97.1 cm³/mol. The van der Waals surface area contributed by atoms with Crippen LogP contribution in [-0.4, -0.2) is 29.7 Å². The zero-order valence-electron chi connectivity index (χ0n) is 15.3. The first-order valence-electron chi connectivity index (χ1n) is 8.70. The first-order valence-corrected chi connectivity index (χ1v) is 8.70. The summed E-state index contributed by atoms with van der Waals surface area (Å²) in [5, 5.41) is 3.88. The first-order chi connectivity index (χ1) is 13.5. The van der Waals surface area contributed by atoms with Gasteiger partial charge in [-0.3, -0.25) is 4.79 Å². The van der Waals surface area contributed by atoms with Crippen LogP contribution in [0.25, 0.3) is 11.4 Å². The van der Waals surface area contributed by atoms with E-state index in [1.165, 1.54) is 30.2 Å². The Labute approximate surface area is 159 Å². The lowest BCUT2D eigenvalue weighted by molar-refractivity contribution is -0.117. The summed E-state index contributed by atoms with van der Waals surface area (Å²) in [7, 11) is 1.38. The van der Waals surface area contributed by atoms with Gasteiger partial charge in [0.05, 0.1) is 18.7 Å². The summed E-state index contributed by atoms with van der Waals surface area (Å²) in [6.45, 7) is 2.01. The average Bonchev–Trinajstić information content (AvgIpc) is 3.29. The van der Waals surface area contributed by atoms with Gasteiger partial charge >= 0.3 is 0 Å². The zero-order chi connectivity index (χ0) is 19.8. The van der Waals surface area contributed by atoms with Crippen molar-refractivity contribution in [2.75, 3.05) is 18.6 Å². The number of anilines is 1. The molecule has 0 saturated carbocycles. The van der Waals surface area contributed by atoms with Crippen molar-refractivity contribution in [3.63, 3.8) is 0 Å². The second-order valence-corrected chi connectivity index (χ2v) is 6.67. The van der Waals surface area contributed by atoms with E-state index in [2.05, 4.69) is 10.1 Å². The van der Waals surface area contributed by atoms with Crippen LogP contribution in [-0.2, 0) is 4.79 Å². The topological polar surface area (TPSA) is 68.5 Å². The Hall–Kier alpha value is -3.29. The number of amides is 1. The number of aryl methyl sites for hydroxylation is 1. The number of rotatable bonds is 4. The Morgan fingerprint density at radius 1 is 1.18 bits per heavy atom. The Kier molecular flexibility index (Phi) is 4.54. The summed E-state index contributed by atoms with van der Waals surface area (Å²) in [5.41, 5.74) is 1.44. The van der Waals surface area contributed by atoms with Crippen molar-refractivity contribution >= 4 is 11.6 Å². The number of aromatic nitrogens is 2. The molecule has 1 amide bonds. The SMILES string of the molecule is COc1ccc(-c2noc(C3CC(=O)N(c4ccc(C)cc4F)C3)n2)cc1F. The molecule has 1 atom stereocenters. The number of hydrogen-bond acceptors (Lipinski definition) is 5. The van der Waals surface area contributed by atoms with Crippen molar-refractivity contribution in [3.05, 3.63) is 59.5 Å². The van der Waals surface area contributed by atoms with Crippen LogP contribution in [0, 0.1) is 18.6 Å². The molecule has 2 aromatic carbocycles. The van der Waals surface area contributed by atoms with Gasteiger partial charge in [-0.1, -0.05) is 11.2 Å². The van der Waals surface area contributed by atoms with Crippen molar-refractivity contribution in [1.29, 1.82) is 0 Å². The summed E-state index contributed by atoms with van der Waals surface area (Å²) in [6, 6.07) is 9.07. The first kappa shape index (κ1) is 18.1. The summed E-state index contributed by atoms with van der Waals surface area (Å²) >= 11 is 0. The van der Waals surface area contributed by atoms with Gasteiger partial charge in [-0.2, -0.15) is 4.98 Å². The molecule has 0 radical (unpaired) electrons. The molecule has 1 aliphatic heterocycles. The van der Waals surface area contributed by atoms with Gasteiger partial charge in [0.1, 0.15) is 5.82 Å². The van der Waals surface area contributed by atoms with Gasteiger partial charge in [-0.15, -0.1) is 0 Å². The second-order valence-electron chi connectivity index (χ2n) is 6.67. The maximum atomic E-state index is 14.2. The third kappa shape index (κ3) is 3.21. The minimum atomic E-state index is -0.539. The number of nitrogens with zero attached hydrogens (tertiary/aromatic N) is 3. The molecular formula is C20H17F2N3O3. The Bertz CT molecular complexity index is 1050. The van der Waals surface area contributed by atoms with E-state index < -0.39 is 11.6 Å². The van der Waals surface area contributed by atoms with Crippen LogP contribution >= 0.6 is 0 Å². The quantitative estimate of drug-likeness (QED) is 0.682. The molecule has 6 nitrogen and oxygen atoms in total. The molecule has 28 heavy (non-hydrogen) atoms. The summed E-state index contributed by atoms with van der Waals surface area (Å²) in [6.07, 6.45) is 0.131. The minimum Gasteiger partial charge on any atom is -0.494 e. The van der Waals surface area contributed by atoms with Crippen molar-refractivity contribution < 1.29 is 22.8 Å². The minimum absolute atomic E-state index is 0.115. The van der Waals surface area contributed by atoms with Crippen LogP contribution in [0.5, 0.6) is 5.75 Å². The van der Waals surface area contributed by atoms with Gasteiger partial charge in [0.2, 0.25) is 17.6 Å². The van der Waals surface area contributed by atoms with E-state index in [-0.39, 0.29) is 47.9 Å². The van der Waals surface area contributed by atoms with Gasteiger partial charge < -0.3 is 14.2 Å². The number of ether oxygens (including phenoxy) is 1. The predicted octanol–water partition coefficient (Wildman–Crippen LogP) is 3.85. The maximum absolute atomic E-state index is 14.2. The number of hydrogen-bond donors (Lipinski definition) is 0. The smallest absolute Gasteiger partial charge is 0.232 e. The van der Waals surface area contributed by atoms with Crippen molar-refractivity contribution in [1.82, 2.24) is 10.1 Å². The molecule has 1 fully saturated rings. The second kappa shape index (κ2) is 7.03. The third-order valence-corrected chi connectivity index (χ3v) is 4.72. The van der Waals surface area contributed by atoms with Crippen LogP contribution in [0.1, 0.15) is 23.8 Å². The molecule has 144 valence electrons. The molecule has 1 aliphatic rings. The monoisotopic (exact) mass is 385 g/mol. The fourth-order valence-electron chi connectivity index (χ4n) is 3.26. The highest BCUT2D eigenvalue weighted by atomic mass is 19.1. The number of benzene rings is 2. The van der Waals surface area contributed by atoms with Crippen LogP contribution in [0.15, 0.2) is 40.9 Å². The standard InChI is InChI=1S/C20H17F2N3O3/c1-11-3-5-16(14(21)7-11)25-10-13(9-18(25)26)20-23-19(24-28-20)12-4-6-17(27-2)15(22)8-12/h3-8,13H,9-10H2,1-2H3. The van der Waals surface area contributed by atoms with E-state index in [0.29, 0.717) is 5.56 Å². The van der Waals surface area contributed by atoms with Gasteiger partial charge in [0.25, 0.3) is 0 Å². The van der Waals surface area contributed by atoms with E-state index in [4.69, 9.17) is 9.26 Å². The van der Waals surface area contributed by atoms with Crippen LogP contribution in [0.4, 0.5) is 14.5 Å². The average molecular weight is 385 g/mol. The Morgan fingerprint density at radius 3 is 2.71 bits per heavy atom. The van der Waals surface area contributed by atoms with E-state index in [1.54, 1.807) is 25.1 Å². The fraction of sp³-hybridized carbons (Fsp3) is 0.250. The van der Waals surface area contributed by atoms with Crippen LogP contribution < -0.4 is 9.64 Å². The summed E-state index contributed by atoms with van der Waals surface area (Å²) in [4.78, 5) is 18.1. The van der Waals surface area contributed by atoms with Crippen LogP contribution in [0.2, 0.25) is 0 Å².